The summed E-state index contributed by atoms with van der Waals surface area (Å²) in [7, 11) is 0. The van der Waals surface area contributed by atoms with E-state index in [0.29, 0.717) is 11.3 Å². The second-order valence-corrected chi connectivity index (χ2v) is 9.92. The van der Waals surface area contributed by atoms with Crippen molar-refractivity contribution in [2.24, 2.45) is 46.3 Å². The molecule has 3 saturated carbocycles. The Bertz CT molecular complexity index is 552. The molecule has 2 nitrogen and oxygen atoms in total. The van der Waals surface area contributed by atoms with Gasteiger partial charge in [0, 0.05) is 0 Å². The number of rotatable bonds is 2. The highest BCUT2D eigenvalue weighted by Gasteiger charge is 2.60. The van der Waals surface area contributed by atoms with Gasteiger partial charge in [0.1, 0.15) is 0 Å². The third-order valence-electron chi connectivity index (χ3n) is 9.28. The molecule has 0 amide bonds. The summed E-state index contributed by atoms with van der Waals surface area (Å²) in [6.45, 7) is 6.98. The Hall–Kier alpha value is -0.790. The van der Waals surface area contributed by atoms with Crippen LogP contribution in [0, 0.1) is 46.3 Å². The first-order valence-corrected chi connectivity index (χ1v) is 10.3. The van der Waals surface area contributed by atoms with Crippen molar-refractivity contribution in [2.45, 2.75) is 72.1 Å². The maximum absolute atomic E-state index is 11.6. The van der Waals surface area contributed by atoms with Gasteiger partial charge in [0.15, 0.2) is 0 Å². The van der Waals surface area contributed by atoms with Gasteiger partial charge in [-0.25, -0.2) is 0 Å². The zero-order valence-corrected chi connectivity index (χ0v) is 15.6. The van der Waals surface area contributed by atoms with E-state index in [1.54, 1.807) is 0 Å². The molecule has 4 aliphatic carbocycles. The van der Waals surface area contributed by atoms with E-state index < -0.39 is 5.97 Å². The lowest BCUT2D eigenvalue weighted by molar-refractivity contribution is -0.147. The molecule has 4 aliphatic rings. The molecule has 3 fully saturated rings. The van der Waals surface area contributed by atoms with Gasteiger partial charge in [-0.05, 0) is 91.8 Å². The number of fused-ring (bicyclic) bond motifs is 5. The van der Waals surface area contributed by atoms with Crippen molar-refractivity contribution in [1.82, 2.24) is 0 Å². The highest BCUT2D eigenvalue weighted by molar-refractivity contribution is 5.70. The highest BCUT2D eigenvalue weighted by atomic mass is 16.4. The molecular weight excluding hydrogens is 296 g/mol. The molecule has 0 aromatic rings. The van der Waals surface area contributed by atoms with E-state index in [1.807, 2.05) is 6.92 Å². The maximum Gasteiger partial charge on any atom is 0.306 e. The summed E-state index contributed by atoms with van der Waals surface area (Å²) in [5, 5.41) is 9.57. The third kappa shape index (κ3) is 2.17. The number of aliphatic carboxylic acids is 1. The van der Waals surface area contributed by atoms with Gasteiger partial charge in [0.2, 0.25) is 0 Å². The third-order valence-corrected chi connectivity index (χ3v) is 9.28. The number of allylic oxidation sites excluding steroid dienone is 2. The SMILES string of the molecule is C[C@H](C(=O)O)[C@H]1CC[C@H]2[C@@H]3CCC4CC=CC[C@]4(C)[C@H]3CC[C@]12C. The zero-order chi connectivity index (χ0) is 17.1. The zero-order valence-electron chi connectivity index (χ0n) is 15.6. The molecule has 8 atom stereocenters. The van der Waals surface area contributed by atoms with Gasteiger partial charge in [0.05, 0.1) is 5.92 Å². The lowest BCUT2D eigenvalue weighted by Gasteiger charge is -2.60. The number of carboxylic acids is 1. The van der Waals surface area contributed by atoms with Crippen molar-refractivity contribution in [1.29, 1.82) is 0 Å². The monoisotopic (exact) mass is 330 g/mol. The fraction of sp³-hybridized carbons (Fsp3) is 0.864. The van der Waals surface area contributed by atoms with Crippen LogP contribution in [-0.4, -0.2) is 11.1 Å². The summed E-state index contributed by atoms with van der Waals surface area (Å²) in [4.78, 5) is 11.6. The van der Waals surface area contributed by atoms with Crippen molar-refractivity contribution in [3.05, 3.63) is 12.2 Å². The Labute approximate surface area is 147 Å². The molecule has 1 unspecified atom stereocenters. The minimum absolute atomic E-state index is 0.180. The van der Waals surface area contributed by atoms with Crippen molar-refractivity contribution < 1.29 is 9.90 Å². The molecule has 134 valence electrons. The standard InChI is InChI=1S/C22H34O2/c1-14(20(23)24)17-9-10-18-16-8-7-15-6-4-5-12-21(15,2)19(16)11-13-22(17,18)3/h4-5,14-19H,6-13H2,1-3H3,(H,23,24)/t14-,15?,16-,17+,18-,19-,21-,22+/m0/s1. The first kappa shape index (κ1) is 16.7. The number of carboxylic acid groups (broad SMARTS) is 1. The topological polar surface area (TPSA) is 37.3 Å². The Morgan fingerprint density at radius 1 is 1.04 bits per heavy atom. The van der Waals surface area contributed by atoms with E-state index in [1.165, 1.54) is 44.9 Å². The van der Waals surface area contributed by atoms with E-state index in [9.17, 15) is 9.90 Å². The van der Waals surface area contributed by atoms with Crippen molar-refractivity contribution in [3.8, 4) is 0 Å². The number of hydrogen-bond donors (Lipinski definition) is 1. The molecule has 0 aromatic carbocycles. The first-order chi connectivity index (χ1) is 11.4. The maximum atomic E-state index is 11.6. The van der Waals surface area contributed by atoms with E-state index in [-0.39, 0.29) is 11.3 Å². The molecule has 4 rings (SSSR count). The normalized spacial score (nSPS) is 51.4. The van der Waals surface area contributed by atoms with Crippen LogP contribution in [0.2, 0.25) is 0 Å². The predicted molar refractivity (Wildman–Crippen MR) is 96.5 cm³/mol. The molecule has 0 bridgehead atoms. The Morgan fingerprint density at radius 2 is 1.79 bits per heavy atom. The molecule has 24 heavy (non-hydrogen) atoms. The van der Waals surface area contributed by atoms with Crippen LogP contribution in [0.3, 0.4) is 0 Å². The molecule has 1 N–H and O–H groups in total. The van der Waals surface area contributed by atoms with Crippen LogP contribution in [0.4, 0.5) is 0 Å². The van der Waals surface area contributed by atoms with Crippen LogP contribution in [0.1, 0.15) is 72.1 Å². The van der Waals surface area contributed by atoms with Crippen LogP contribution >= 0.6 is 0 Å². The molecule has 2 heteroatoms. The average molecular weight is 331 g/mol. The number of carbonyl (C=O) groups is 1. The minimum atomic E-state index is -0.586. The minimum Gasteiger partial charge on any atom is -0.481 e. The summed E-state index contributed by atoms with van der Waals surface area (Å²) >= 11 is 0. The summed E-state index contributed by atoms with van der Waals surface area (Å²) in [6.07, 6.45) is 15.2. The van der Waals surface area contributed by atoms with E-state index in [4.69, 9.17) is 0 Å². The van der Waals surface area contributed by atoms with Crippen LogP contribution in [0.5, 0.6) is 0 Å². The summed E-state index contributed by atoms with van der Waals surface area (Å²) in [5.41, 5.74) is 0.780. The largest absolute Gasteiger partial charge is 0.481 e. The van der Waals surface area contributed by atoms with Gasteiger partial charge < -0.3 is 5.11 Å². The summed E-state index contributed by atoms with van der Waals surface area (Å²) < 4.78 is 0. The van der Waals surface area contributed by atoms with Crippen molar-refractivity contribution in [3.63, 3.8) is 0 Å². The van der Waals surface area contributed by atoms with E-state index in [2.05, 4.69) is 26.0 Å². The van der Waals surface area contributed by atoms with Crippen LogP contribution in [0.25, 0.3) is 0 Å². The molecule has 0 spiro atoms. The fourth-order valence-corrected chi connectivity index (χ4v) is 7.87. The van der Waals surface area contributed by atoms with E-state index in [0.717, 1.165) is 30.1 Å². The van der Waals surface area contributed by atoms with Gasteiger partial charge in [-0.3, -0.25) is 4.79 Å². The van der Waals surface area contributed by atoms with Crippen molar-refractivity contribution in [2.75, 3.05) is 0 Å². The molecule has 0 radical (unpaired) electrons. The lowest BCUT2D eigenvalue weighted by Crippen LogP contribution is -2.52. The predicted octanol–water partition coefficient (Wildman–Crippen LogP) is 5.53. The Morgan fingerprint density at radius 3 is 2.54 bits per heavy atom. The lowest BCUT2D eigenvalue weighted by atomic mass is 9.45. The molecule has 0 aromatic heterocycles. The number of hydrogen-bond acceptors (Lipinski definition) is 1. The van der Waals surface area contributed by atoms with Gasteiger partial charge in [-0.2, -0.15) is 0 Å². The van der Waals surface area contributed by atoms with Crippen LogP contribution < -0.4 is 0 Å². The molecule has 0 aliphatic heterocycles. The first-order valence-electron chi connectivity index (χ1n) is 10.3. The molecule has 0 heterocycles. The van der Waals surface area contributed by atoms with Gasteiger partial charge in [0.25, 0.3) is 0 Å². The average Bonchev–Trinajstić information content (AvgIpc) is 2.90. The molecular formula is C22H34O2. The van der Waals surface area contributed by atoms with Crippen LogP contribution in [-0.2, 0) is 4.79 Å². The van der Waals surface area contributed by atoms with E-state index >= 15 is 0 Å². The Balaban J connectivity index is 1.62. The quantitative estimate of drug-likeness (QED) is 0.676. The second kappa shape index (κ2) is 5.61. The smallest absolute Gasteiger partial charge is 0.306 e. The Kier molecular flexibility index (Phi) is 3.89. The fourth-order valence-electron chi connectivity index (χ4n) is 7.87. The van der Waals surface area contributed by atoms with Gasteiger partial charge >= 0.3 is 5.97 Å². The van der Waals surface area contributed by atoms with Crippen LogP contribution in [0.15, 0.2) is 12.2 Å². The summed E-state index contributed by atoms with van der Waals surface area (Å²) in [5.74, 6) is 3.01. The second-order valence-electron chi connectivity index (χ2n) is 9.92. The van der Waals surface area contributed by atoms with Crippen molar-refractivity contribution >= 4 is 5.97 Å². The van der Waals surface area contributed by atoms with Gasteiger partial charge in [-0.15, -0.1) is 0 Å². The highest BCUT2D eigenvalue weighted by Crippen LogP contribution is 2.67. The van der Waals surface area contributed by atoms with Gasteiger partial charge in [-0.1, -0.05) is 32.9 Å². The summed E-state index contributed by atoms with van der Waals surface area (Å²) in [6, 6.07) is 0. The molecule has 0 saturated heterocycles.